The van der Waals surface area contributed by atoms with Crippen molar-refractivity contribution in [2.24, 2.45) is 5.92 Å². The summed E-state index contributed by atoms with van der Waals surface area (Å²) in [6, 6.07) is 11.3. The molecule has 9 heteroatoms. The van der Waals surface area contributed by atoms with E-state index in [-0.39, 0.29) is 41.9 Å². The second kappa shape index (κ2) is 9.76. The number of alkyl halides is 3. The molecular formula is C23H23F3N2O3S. The largest absolute Gasteiger partial charge is 0.416 e. The molecule has 0 saturated carbocycles. The monoisotopic (exact) mass is 464 g/mol. The van der Waals surface area contributed by atoms with Gasteiger partial charge in [0, 0.05) is 24.6 Å². The van der Waals surface area contributed by atoms with Crippen molar-refractivity contribution in [3.8, 4) is 11.8 Å². The first-order chi connectivity index (χ1) is 15.1. The number of nitrogens with one attached hydrogen (secondary N) is 1. The summed E-state index contributed by atoms with van der Waals surface area (Å²) in [5.41, 5.74) is 0.403. The van der Waals surface area contributed by atoms with E-state index >= 15 is 0 Å². The van der Waals surface area contributed by atoms with Crippen molar-refractivity contribution < 1.29 is 26.4 Å². The molecule has 1 fully saturated rings. The maximum Gasteiger partial charge on any atom is 0.416 e. The number of carbonyl (C=O) groups is 1. The van der Waals surface area contributed by atoms with Gasteiger partial charge in [-0.2, -0.15) is 17.5 Å². The van der Waals surface area contributed by atoms with E-state index in [1.54, 1.807) is 24.3 Å². The maximum atomic E-state index is 12.7. The number of carbonyl (C=O) groups excluding carboxylic acids is 1. The van der Waals surface area contributed by atoms with Gasteiger partial charge in [0.25, 0.3) is 0 Å². The normalized spacial score (nSPS) is 15.6. The summed E-state index contributed by atoms with van der Waals surface area (Å²) in [5.74, 6) is 4.69. The number of amides is 1. The lowest BCUT2D eigenvalue weighted by atomic mass is 9.97. The van der Waals surface area contributed by atoms with Crippen LogP contribution in [-0.4, -0.2) is 38.3 Å². The Bertz CT molecular complexity index is 1130. The van der Waals surface area contributed by atoms with Gasteiger partial charge in [0.1, 0.15) is 0 Å². The number of piperidine rings is 1. The molecule has 0 atom stereocenters. The summed E-state index contributed by atoms with van der Waals surface area (Å²) in [5, 5.41) is 2.66. The molecule has 5 nitrogen and oxygen atoms in total. The van der Waals surface area contributed by atoms with Crippen LogP contribution in [0.1, 0.15) is 29.5 Å². The van der Waals surface area contributed by atoms with E-state index in [2.05, 4.69) is 17.2 Å². The Labute approximate surface area is 185 Å². The fourth-order valence-electron chi connectivity index (χ4n) is 3.41. The van der Waals surface area contributed by atoms with Crippen LogP contribution < -0.4 is 5.32 Å². The Hall–Kier alpha value is -2.83. The summed E-state index contributed by atoms with van der Waals surface area (Å²) in [6.45, 7) is 2.36. The van der Waals surface area contributed by atoms with Crippen LogP contribution >= 0.6 is 0 Å². The van der Waals surface area contributed by atoms with Crippen LogP contribution in [0.5, 0.6) is 0 Å². The zero-order valence-corrected chi connectivity index (χ0v) is 18.3. The number of nitrogens with zero attached hydrogens (tertiary/aromatic N) is 1. The van der Waals surface area contributed by atoms with Gasteiger partial charge in [0.15, 0.2) is 0 Å². The highest BCUT2D eigenvalue weighted by Gasteiger charge is 2.32. The lowest BCUT2D eigenvalue weighted by Crippen LogP contribution is -2.43. The Morgan fingerprint density at radius 3 is 2.41 bits per heavy atom. The van der Waals surface area contributed by atoms with E-state index < -0.39 is 21.8 Å². The highest BCUT2D eigenvalue weighted by atomic mass is 32.2. The van der Waals surface area contributed by atoms with Crippen LogP contribution in [-0.2, 0) is 21.0 Å². The minimum absolute atomic E-state index is 0.00302. The van der Waals surface area contributed by atoms with Crippen LogP contribution in [0.4, 0.5) is 13.2 Å². The van der Waals surface area contributed by atoms with Crippen molar-refractivity contribution in [2.75, 3.05) is 19.6 Å². The van der Waals surface area contributed by atoms with Crippen molar-refractivity contribution in [3.05, 3.63) is 65.2 Å². The number of sulfonamides is 1. The van der Waals surface area contributed by atoms with Crippen LogP contribution in [0.15, 0.2) is 53.4 Å². The number of halogens is 3. The molecular weight excluding hydrogens is 441 g/mol. The molecule has 0 spiro atoms. The number of benzene rings is 2. The Balaban J connectivity index is 1.50. The van der Waals surface area contributed by atoms with Gasteiger partial charge in [-0.05, 0) is 50.1 Å². The zero-order valence-electron chi connectivity index (χ0n) is 17.4. The molecule has 1 N–H and O–H groups in total. The highest BCUT2D eigenvalue weighted by Crippen LogP contribution is 2.29. The van der Waals surface area contributed by atoms with Gasteiger partial charge in [-0.15, -0.1) is 0 Å². The summed E-state index contributed by atoms with van der Waals surface area (Å²) in [7, 11) is -3.59. The second-order valence-corrected chi connectivity index (χ2v) is 9.53. The van der Waals surface area contributed by atoms with E-state index in [1.807, 2.05) is 6.92 Å². The number of rotatable bonds is 4. The molecule has 1 heterocycles. The zero-order chi connectivity index (χ0) is 23.4. The molecule has 32 heavy (non-hydrogen) atoms. The summed E-state index contributed by atoms with van der Waals surface area (Å²) in [4.78, 5) is 12.6. The standard InChI is InChI=1S/C23H23F3N2O3S/c1-17-7-9-21(10-8-17)32(30,31)28-14-11-19(12-15-28)22(29)27-13-3-5-18-4-2-6-20(16-18)23(24,25)26/h2,4,6-10,16,19H,11-15H2,1H3,(H,27,29). The third-order valence-corrected chi connectivity index (χ3v) is 7.17. The SMILES string of the molecule is Cc1ccc(S(=O)(=O)N2CCC(C(=O)NCC#Cc3cccc(C(F)(F)F)c3)CC2)cc1. The fourth-order valence-corrected chi connectivity index (χ4v) is 4.88. The first-order valence-electron chi connectivity index (χ1n) is 10.1. The number of hydrogen-bond donors (Lipinski definition) is 1. The highest BCUT2D eigenvalue weighted by molar-refractivity contribution is 7.89. The molecule has 1 aliphatic heterocycles. The predicted molar refractivity (Wildman–Crippen MR) is 114 cm³/mol. The smallest absolute Gasteiger partial charge is 0.345 e. The second-order valence-electron chi connectivity index (χ2n) is 7.59. The van der Waals surface area contributed by atoms with Crippen LogP contribution in [0, 0.1) is 24.7 Å². The van der Waals surface area contributed by atoms with Crippen molar-refractivity contribution >= 4 is 15.9 Å². The number of hydrogen-bond acceptors (Lipinski definition) is 3. The van der Waals surface area contributed by atoms with E-state index in [0.29, 0.717) is 12.8 Å². The average molecular weight is 465 g/mol. The van der Waals surface area contributed by atoms with E-state index in [9.17, 15) is 26.4 Å². The number of aryl methyl sites for hydroxylation is 1. The molecule has 170 valence electrons. The molecule has 0 aromatic heterocycles. The summed E-state index contributed by atoms with van der Waals surface area (Å²) >= 11 is 0. The molecule has 0 radical (unpaired) electrons. The van der Waals surface area contributed by atoms with Crippen LogP contribution in [0.25, 0.3) is 0 Å². The molecule has 0 bridgehead atoms. The lowest BCUT2D eigenvalue weighted by Gasteiger charge is -2.30. The van der Waals surface area contributed by atoms with Crippen molar-refractivity contribution in [3.63, 3.8) is 0 Å². The molecule has 1 amide bonds. The molecule has 2 aromatic carbocycles. The predicted octanol–water partition coefficient (Wildman–Crippen LogP) is 3.58. The van der Waals surface area contributed by atoms with Crippen molar-refractivity contribution in [1.82, 2.24) is 9.62 Å². The van der Waals surface area contributed by atoms with Gasteiger partial charge in [-0.3, -0.25) is 4.79 Å². The summed E-state index contributed by atoms with van der Waals surface area (Å²) < 4.78 is 65.1. The van der Waals surface area contributed by atoms with Gasteiger partial charge in [0.05, 0.1) is 17.0 Å². The lowest BCUT2D eigenvalue weighted by molar-refractivity contribution is -0.137. The molecule has 1 saturated heterocycles. The maximum absolute atomic E-state index is 12.7. The van der Waals surface area contributed by atoms with Crippen molar-refractivity contribution in [1.29, 1.82) is 0 Å². The minimum atomic E-state index is -4.44. The third-order valence-electron chi connectivity index (χ3n) is 5.26. The van der Waals surface area contributed by atoms with E-state index in [4.69, 9.17) is 0 Å². The van der Waals surface area contributed by atoms with Gasteiger partial charge >= 0.3 is 6.18 Å². The minimum Gasteiger partial charge on any atom is -0.345 e. The first kappa shape index (κ1) is 23.8. The Kier molecular flexibility index (Phi) is 7.26. The molecule has 3 rings (SSSR count). The topological polar surface area (TPSA) is 66.5 Å². The first-order valence-corrected chi connectivity index (χ1v) is 11.5. The fraction of sp³-hybridized carbons (Fsp3) is 0.348. The molecule has 1 aliphatic rings. The molecule has 0 aliphatic carbocycles. The summed E-state index contributed by atoms with van der Waals surface area (Å²) in [6.07, 6.45) is -3.66. The Morgan fingerprint density at radius 1 is 1.12 bits per heavy atom. The quantitative estimate of drug-likeness (QED) is 0.704. The Morgan fingerprint density at radius 2 is 1.78 bits per heavy atom. The van der Waals surface area contributed by atoms with Gasteiger partial charge in [-0.1, -0.05) is 35.6 Å². The van der Waals surface area contributed by atoms with Gasteiger partial charge in [-0.25, -0.2) is 8.42 Å². The van der Waals surface area contributed by atoms with Gasteiger partial charge in [0.2, 0.25) is 15.9 Å². The molecule has 0 unspecified atom stereocenters. The van der Waals surface area contributed by atoms with Crippen LogP contribution in [0.2, 0.25) is 0 Å². The van der Waals surface area contributed by atoms with E-state index in [1.165, 1.54) is 16.4 Å². The van der Waals surface area contributed by atoms with Crippen molar-refractivity contribution in [2.45, 2.75) is 30.8 Å². The molecule has 2 aromatic rings. The van der Waals surface area contributed by atoms with Gasteiger partial charge < -0.3 is 5.32 Å². The van der Waals surface area contributed by atoms with Crippen LogP contribution in [0.3, 0.4) is 0 Å². The average Bonchev–Trinajstić information content (AvgIpc) is 2.76. The third kappa shape index (κ3) is 5.90. The van der Waals surface area contributed by atoms with E-state index in [0.717, 1.165) is 17.7 Å².